The Bertz CT molecular complexity index is 485. The molecular formula is C11H15ClF3IN4O. The van der Waals surface area contributed by atoms with Crippen molar-refractivity contribution < 1.29 is 17.9 Å². The molecule has 0 saturated carbocycles. The van der Waals surface area contributed by atoms with Crippen molar-refractivity contribution in [2.45, 2.75) is 6.18 Å². The first kappa shape index (κ1) is 20.0. The molecule has 0 aliphatic rings. The maximum absolute atomic E-state index is 12.4. The van der Waals surface area contributed by atoms with Crippen molar-refractivity contribution in [3.8, 4) is 5.88 Å². The first-order valence-corrected chi connectivity index (χ1v) is 6.00. The molecule has 0 aliphatic heterocycles. The Balaban J connectivity index is 0.00000400. The Kier molecular flexibility index (Phi) is 8.71. The van der Waals surface area contributed by atoms with Crippen LogP contribution in [0.3, 0.4) is 0 Å². The summed E-state index contributed by atoms with van der Waals surface area (Å²) in [5, 5.41) is 5.53. The van der Waals surface area contributed by atoms with Crippen molar-refractivity contribution in [1.29, 1.82) is 0 Å². The summed E-state index contributed by atoms with van der Waals surface area (Å²) >= 11 is 5.69. The van der Waals surface area contributed by atoms with Crippen LogP contribution < -0.4 is 15.4 Å². The van der Waals surface area contributed by atoms with Crippen molar-refractivity contribution in [3.63, 3.8) is 0 Å². The molecule has 0 saturated heterocycles. The Morgan fingerprint density at radius 1 is 1.48 bits per heavy atom. The van der Waals surface area contributed by atoms with Gasteiger partial charge in [-0.25, -0.2) is 4.98 Å². The Hall–Kier alpha value is -0.970. The largest absolute Gasteiger partial charge is 0.475 e. The summed E-state index contributed by atoms with van der Waals surface area (Å²) in [6.45, 7) is 0.575. The molecule has 0 aromatic carbocycles. The number of hydrogen-bond acceptors (Lipinski definition) is 3. The molecule has 1 heterocycles. The molecule has 0 radical (unpaired) electrons. The number of aromatic nitrogens is 1. The fourth-order valence-corrected chi connectivity index (χ4v) is 1.50. The third kappa shape index (κ3) is 6.55. The first-order valence-electron chi connectivity index (χ1n) is 5.62. The highest BCUT2D eigenvalue weighted by Crippen LogP contribution is 2.32. The van der Waals surface area contributed by atoms with Gasteiger partial charge in [0.05, 0.1) is 12.1 Å². The van der Waals surface area contributed by atoms with E-state index in [1.807, 2.05) is 0 Å². The lowest BCUT2D eigenvalue weighted by Gasteiger charge is -2.11. The van der Waals surface area contributed by atoms with Crippen LogP contribution in [0.15, 0.2) is 17.3 Å². The van der Waals surface area contributed by atoms with Gasteiger partial charge < -0.3 is 15.4 Å². The number of halogens is 5. The molecule has 0 bridgehead atoms. The van der Waals surface area contributed by atoms with E-state index >= 15 is 0 Å². The van der Waals surface area contributed by atoms with Crippen molar-refractivity contribution in [1.82, 2.24) is 15.6 Å². The van der Waals surface area contributed by atoms with E-state index < -0.39 is 11.7 Å². The molecular weight excluding hydrogens is 423 g/mol. The molecule has 0 spiro atoms. The highest BCUT2D eigenvalue weighted by Gasteiger charge is 2.31. The lowest BCUT2D eigenvalue weighted by atomic mass is 10.3. The van der Waals surface area contributed by atoms with Crippen LogP contribution in [-0.4, -0.2) is 38.2 Å². The fourth-order valence-electron chi connectivity index (χ4n) is 1.28. The van der Waals surface area contributed by atoms with E-state index in [4.69, 9.17) is 16.3 Å². The van der Waals surface area contributed by atoms with Gasteiger partial charge in [-0.3, -0.25) is 4.99 Å². The minimum Gasteiger partial charge on any atom is -0.475 e. The highest BCUT2D eigenvalue weighted by atomic mass is 127. The van der Waals surface area contributed by atoms with E-state index in [9.17, 15) is 13.2 Å². The highest BCUT2D eigenvalue weighted by molar-refractivity contribution is 14.0. The smallest absolute Gasteiger partial charge is 0.417 e. The number of pyridine rings is 1. The van der Waals surface area contributed by atoms with Crippen LogP contribution in [0.25, 0.3) is 0 Å². The normalized spacial score (nSPS) is 11.6. The molecule has 0 unspecified atom stereocenters. The third-order valence-electron chi connectivity index (χ3n) is 2.23. The van der Waals surface area contributed by atoms with Gasteiger partial charge in [-0.2, -0.15) is 13.2 Å². The molecule has 0 fully saturated rings. The fraction of sp³-hybridized carbons (Fsp3) is 0.455. The summed E-state index contributed by atoms with van der Waals surface area (Å²) in [5.41, 5.74) is -0.913. The van der Waals surface area contributed by atoms with Crippen LogP contribution in [-0.2, 0) is 6.18 Å². The van der Waals surface area contributed by atoms with Gasteiger partial charge in [-0.1, -0.05) is 11.6 Å². The summed E-state index contributed by atoms with van der Waals surface area (Å²) < 4.78 is 42.4. The molecule has 120 valence electrons. The van der Waals surface area contributed by atoms with E-state index in [0.717, 1.165) is 6.07 Å². The number of nitrogens with one attached hydrogen (secondary N) is 2. The Labute approximate surface area is 142 Å². The topological polar surface area (TPSA) is 58.5 Å². The summed E-state index contributed by atoms with van der Waals surface area (Å²) in [4.78, 5) is 7.43. The van der Waals surface area contributed by atoms with E-state index in [0.29, 0.717) is 18.7 Å². The monoisotopic (exact) mass is 438 g/mol. The average Bonchev–Trinajstić information content (AvgIpc) is 2.39. The Morgan fingerprint density at radius 2 is 2.14 bits per heavy atom. The predicted molar refractivity (Wildman–Crippen MR) is 85.6 cm³/mol. The van der Waals surface area contributed by atoms with E-state index in [-0.39, 0.29) is 41.5 Å². The minimum atomic E-state index is -4.48. The van der Waals surface area contributed by atoms with Gasteiger partial charge in [0.25, 0.3) is 0 Å². The van der Waals surface area contributed by atoms with Crippen molar-refractivity contribution in [2.24, 2.45) is 4.99 Å². The molecule has 0 aliphatic carbocycles. The van der Waals surface area contributed by atoms with Gasteiger partial charge in [0.15, 0.2) is 5.96 Å². The maximum atomic E-state index is 12.4. The predicted octanol–water partition coefficient (Wildman–Crippen LogP) is 2.55. The summed E-state index contributed by atoms with van der Waals surface area (Å²) in [6, 6.07) is 0.782. The number of aliphatic imine (C=N–C) groups is 1. The Morgan fingerprint density at radius 3 is 2.62 bits per heavy atom. The summed E-state index contributed by atoms with van der Waals surface area (Å²) in [7, 11) is 3.30. The molecule has 0 amide bonds. The molecule has 21 heavy (non-hydrogen) atoms. The van der Waals surface area contributed by atoms with Crippen LogP contribution >= 0.6 is 35.6 Å². The summed E-state index contributed by atoms with van der Waals surface area (Å²) in [5.74, 6) is 0.529. The number of alkyl halides is 3. The van der Waals surface area contributed by atoms with Crippen molar-refractivity contribution in [3.05, 3.63) is 22.8 Å². The minimum absolute atomic E-state index is 0. The van der Waals surface area contributed by atoms with Crippen molar-refractivity contribution >= 4 is 41.5 Å². The lowest BCUT2D eigenvalue weighted by molar-refractivity contribution is -0.137. The molecule has 0 atom stereocenters. The number of nitrogens with zero attached hydrogens (tertiary/aromatic N) is 2. The van der Waals surface area contributed by atoms with Crippen LogP contribution in [0.5, 0.6) is 5.88 Å². The lowest BCUT2D eigenvalue weighted by Crippen LogP contribution is -2.37. The van der Waals surface area contributed by atoms with Gasteiger partial charge in [0.2, 0.25) is 5.88 Å². The molecule has 1 aromatic rings. The SMILES string of the molecule is CN=C(NC)NCCOc1ncc(C(F)(F)F)cc1Cl.I. The molecule has 2 N–H and O–H groups in total. The van der Waals surface area contributed by atoms with E-state index in [1.54, 1.807) is 14.1 Å². The first-order chi connectivity index (χ1) is 9.38. The van der Waals surface area contributed by atoms with Crippen LogP contribution in [0.1, 0.15) is 5.56 Å². The van der Waals surface area contributed by atoms with E-state index in [2.05, 4.69) is 20.6 Å². The van der Waals surface area contributed by atoms with E-state index in [1.165, 1.54) is 0 Å². The molecule has 5 nitrogen and oxygen atoms in total. The third-order valence-corrected chi connectivity index (χ3v) is 2.50. The van der Waals surface area contributed by atoms with Crippen LogP contribution in [0, 0.1) is 0 Å². The second-order valence-electron chi connectivity index (χ2n) is 3.61. The zero-order valence-electron chi connectivity index (χ0n) is 11.3. The second kappa shape index (κ2) is 9.13. The number of guanidine groups is 1. The number of rotatable bonds is 4. The van der Waals surface area contributed by atoms with Gasteiger partial charge >= 0.3 is 6.18 Å². The molecule has 1 aromatic heterocycles. The molecule has 1 rings (SSSR count). The van der Waals surface area contributed by atoms with Gasteiger partial charge in [0, 0.05) is 20.3 Å². The van der Waals surface area contributed by atoms with Crippen LogP contribution in [0.4, 0.5) is 13.2 Å². The summed E-state index contributed by atoms with van der Waals surface area (Å²) in [6.07, 6.45) is -3.79. The molecule has 10 heteroatoms. The zero-order valence-corrected chi connectivity index (χ0v) is 14.4. The van der Waals surface area contributed by atoms with Gasteiger partial charge in [-0.15, -0.1) is 24.0 Å². The van der Waals surface area contributed by atoms with Gasteiger partial charge in [-0.05, 0) is 6.07 Å². The number of hydrogen-bond donors (Lipinski definition) is 2. The maximum Gasteiger partial charge on any atom is 0.417 e. The van der Waals surface area contributed by atoms with Crippen molar-refractivity contribution in [2.75, 3.05) is 27.2 Å². The van der Waals surface area contributed by atoms with Crippen LogP contribution in [0.2, 0.25) is 5.02 Å². The van der Waals surface area contributed by atoms with Gasteiger partial charge in [0.1, 0.15) is 11.6 Å². The zero-order chi connectivity index (χ0) is 15.2. The average molecular weight is 439 g/mol. The quantitative estimate of drug-likeness (QED) is 0.328. The standard InChI is InChI=1S/C11H14ClF3N4O.HI/c1-16-10(17-2)18-3-4-20-9-8(12)5-7(6-19-9)11(13,14)15;/h5-6H,3-4H2,1-2H3,(H2,16,17,18);1H. The number of ether oxygens (including phenoxy) is 1. The second-order valence-corrected chi connectivity index (χ2v) is 4.01.